The third kappa shape index (κ3) is 3.81. The zero-order valence-corrected chi connectivity index (χ0v) is 12.2. The van der Waals surface area contributed by atoms with Gasteiger partial charge in [0.05, 0.1) is 6.54 Å². The summed E-state index contributed by atoms with van der Waals surface area (Å²) >= 11 is 0. The van der Waals surface area contributed by atoms with Gasteiger partial charge in [-0.05, 0) is 50.9 Å². The van der Waals surface area contributed by atoms with E-state index < -0.39 is 0 Å². The van der Waals surface area contributed by atoms with Crippen LogP contribution >= 0.6 is 0 Å². The Morgan fingerprint density at radius 2 is 1.95 bits per heavy atom. The highest BCUT2D eigenvalue weighted by atomic mass is 16.3. The molecule has 0 spiro atoms. The van der Waals surface area contributed by atoms with Gasteiger partial charge in [0, 0.05) is 18.8 Å². The van der Waals surface area contributed by atoms with E-state index in [0.717, 1.165) is 31.6 Å². The van der Waals surface area contributed by atoms with Crippen LogP contribution in [0.15, 0.2) is 30.3 Å². The highest BCUT2D eigenvalue weighted by Gasteiger charge is 2.22. The van der Waals surface area contributed by atoms with Gasteiger partial charge in [-0.25, -0.2) is 0 Å². The lowest BCUT2D eigenvalue weighted by Crippen LogP contribution is -2.43. The Morgan fingerprint density at radius 3 is 2.50 bits per heavy atom. The number of benzene rings is 1. The molecule has 4 heteroatoms. The Morgan fingerprint density at radius 1 is 1.30 bits per heavy atom. The van der Waals surface area contributed by atoms with Crippen molar-refractivity contribution in [3.05, 3.63) is 30.3 Å². The third-order valence-corrected chi connectivity index (χ3v) is 4.01. The van der Waals surface area contributed by atoms with Crippen molar-refractivity contribution in [2.75, 3.05) is 37.7 Å². The standard InChI is InChI=1S/C16H24N2O2/c1-2-18(15-6-4-3-5-7-15)16(20)12-17-10-8-14(13-19)9-11-17/h3-7,14,19H,2,8-13H2,1H3. The van der Waals surface area contributed by atoms with Crippen LogP contribution in [0.5, 0.6) is 0 Å². The number of aliphatic hydroxyl groups excluding tert-OH is 1. The third-order valence-electron chi connectivity index (χ3n) is 4.01. The first-order valence-electron chi connectivity index (χ1n) is 7.43. The molecule has 1 aliphatic heterocycles. The molecule has 0 aliphatic carbocycles. The number of likely N-dealkylation sites (N-methyl/N-ethyl adjacent to an activating group) is 1. The molecule has 0 unspecified atom stereocenters. The van der Waals surface area contributed by atoms with Crippen molar-refractivity contribution in [1.29, 1.82) is 0 Å². The highest BCUT2D eigenvalue weighted by molar-refractivity contribution is 5.94. The molecule has 1 aliphatic rings. The minimum absolute atomic E-state index is 0.154. The summed E-state index contributed by atoms with van der Waals surface area (Å²) in [6.07, 6.45) is 1.97. The first kappa shape index (κ1) is 15.0. The lowest BCUT2D eigenvalue weighted by atomic mass is 9.98. The summed E-state index contributed by atoms with van der Waals surface area (Å²) in [7, 11) is 0. The Bertz CT molecular complexity index is 414. The summed E-state index contributed by atoms with van der Waals surface area (Å²) in [6.45, 7) is 5.25. The number of hydrogen-bond donors (Lipinski definition) is 1. The molecule has 1 N–H and O–H groups in total. The van der Waals surface area contributed by atoms with E-state index in [0.29, 0.717) is 19.0 Å². The second-order valence-corrected chi connectivity index (χ2v) is 5.38. The summed E-state index contributed by atoms with van der Waals surface area (Å²) < 4.78 is 0. The van der Waals surface area contributed by atoms with Gasteiger partial charge in [-0.15, -0.1) is 0 Å². The molecule has 1 fully saturated rings. The van der Waals surface area contributed by atoms with Crippen molar-refractivity contribution in [3.63, 3.8) is 0 Å². The Labute approximate surface area is 121 Å². The molecular formula is C16H24N2O2. The van der Waals surface area contributed by atoms with Crippen LogP contribution in [-0.2, 0) is 4.79 Å². The molecular weight excluding hydrogens is 252 g/mol. The zero-order valence-electron chi connectivity index (χ0n) is 12.2. The molecule has 4 nitrogen and oxygen atoms in total. The average Bonchev–Trinajstić information content (AvgIpc) is 2.50. The highest BCUT2D eigenvalue weighted by Crippen LogP contribution is 2.18. The second-order valence-electron chi connectivity index (χ2n) is 5.38. The van der Waals surface area contributed by atoms with Crippen molar-refractivity contribution < 1.29 is 9.90 Å². The molecule has 1 aromatic carbocycles. The number of carbonyl (C=O) groups excluding carboxylic acids is 1. The molecule has 20 heavy (non-hydrogen) atoms. The number of nitrogens with zero attached hydrogens (tertiary/aromatic N) is 2. The van der Waals surface area contributed by atoms with Crippen molar-refractivity contribution in [1.82, 2.24) is 4.90 Å². The molecule has 1 saturated heterocycles. The van der Waals surface area contributed by atoms with Crippen molar-refractivity contribution in [3.8, 4) is 0 Å². The van der Waals surface area contributed by atoms with E-state index in [9.17, 15) is 4.79 Å². The molecule has 1 heterocycles. The van der Waals surface area contributed by atoms with Crippen molar-refractivity contribution >= 4 is 11.6 Å². The quantitative estimate of drug-likeness (QED) is 0.891. The monoisotopic (exact) mass is 276 g/mol. The number of aliphatic hydroxyl groups is 1. The number of rotatable bonds is 5. The molecule has 0 bridgehead atoms. The predicted molar refractivity (Wildman–Crippen MR) is 80.7 cm³/mol. The van der Waals surface area contributed by atoms with Crippen LogP contribution in [0.3, 0.4) is 0 Å². The number of amides is 1. The number of carbonyl (C=O) groups is 1. The number of anilines is 1. The molecule has 0 aromatic heterocycles. The average molecular weight is 276 g/mol. The summed E-state index contributed by atoms with van der Waals surface area (Å²) in [5, 5.41) is 9.14. The SMILES string of the molecule is CCN(C(=O)CN1CCC(CO)CC1)c1ccccc1. The van der Waals surface area contributed by atoms with E-state index in [2.05, 4.69) is 4.90 Å². The Balaban J connectivity index is 1.90. The van der Waals surface area contributed by atoms with Crippen LogP contribution in [0.2, 0.25) is 0 Å². The minimum Gasteiger partial charge on any atom is -0.396 e. The van der Waals surface area contributed by atoms with E-state index in [-0.39, 0.29) is 12.5 Å². The second kappa shape index (κ2) is 7.41. The number of piperidine rings is 1. The summed E-state index contributed by atoms with van der Waals surface area (Å²) in [6, 6.07) is 9.82. The van der Waals surface area contributed by atoms with Crippen molar-refractivity contribution in [2.45, 2.75) is 19.8 Å². The van der Waals surface area contributed by atoms with Crippen LogP contribution in [0.25, 0.3) is 0 Å². The maximum atomic E-state index is 12.4. The van der Waals surface area contributed by atoms with E-state index in [1.165, 1.54) is 0 Å². The summed E-state index contributed by atoms with van der Waals surface area (Å²) in [4.78, 5) is 16.5. The maximum Gasteiger partial charge on any atom is 0.241 e. The van der Waals surface area contributed by atoms with E-state index in [4.69, 9.17) is 5.11 Å². The lowest BCUT2D eigenvalue weighted by Gasteiger charge is -2.32. The lowest BCUT2D eigenvalue weighted by molar-refractivity contribution is -0.120. The van der Waals surface area contributed by atoms with E-state index >= 15 is 0 Å². The zero-order chi connectivity index (χ0) is 14.4. The molecule has 0 atom stereocenters. The van der Waals surface area contributed by atoms with Gasteiger partial charge in [0.1, 0.15) is 0 Å². The fourth-order valence-corrected chi connectivity index (χ4v) is 2.71. The number of hydrogen-bond acceptors (Lipinski definition) is 3. The first-order chi connectivity index (χ1) is 9.74. The van der Waals surface area contributed by atoms with Gasteiger partial charge < -0.3 is 10.0 Å². The van der Waals surface area contributed by atoms with Crippen LogP contribution in [0, 0.1) is 5.92 Å². The van der Waals surface area contributed by atoms with Gasteiger partial charge in [-0.1, -0.05) is 18.2 Å². The maximum absolute atomic E-state index is 12.4. The van der Waals surface area contributed by atoms with Crippen LogP contribution in [0.4, 0.5) is 5.69 Å². The fraction of sp³-hybridized carbons (Fsp3) is 0.562. The van der Waals surface area contributed by atoms with E-state index in [1.807, 2.05) is 42.2 Å². The van der Waals surface area contributed by atoms with Crippen LogP contribution in [0.1, 0.15) is 19.8 Å². The van der Waals surface area contributed by atoms with Gasteiger partial charge in [-0.3, -0.25) is 9.69 Å². The van der Waals surface area contributed by atoms with Gasteiger partial charge in [0.15, 0.2) is 0 Å². The van der Waals surface area contributed by atoms with Gasteiger partial charge in [0.2, 0.25) is 5.91 Å². The largest absolute Gasteiger partial charge is 0.396 e. The first-order valence-corrected chi connectivity index (χ1v) is 7.43. The molecule has 1 amide bonds. The van der Waals surface area contributed by atoms with Crippen LogP contribution < -0.4 is 4.90 Å². The van der Waals surface area contributed by atoms with Gasteiger partial charge >= 0.3 is 0 Å². The van der Waals surface area contributed by atoms with Crippen LogP contribution in [-0.4, -0.2) is 48.7 Å². The molecule has 1 aromatic rings. The molecule has 0 saturated carbocycles. The fourth-order valence-electron chi connectivity index (χ4n) is 2.71. The summed E-state index contributed by atoms with van der Waals surface area (Å²) in [5.41, 5.74) is 0.963. The number of likely N-dealkylation sites (tertiary alicyclic amines) is 1. The normalized spacial score (nSPS) is 17.1. The topological polar surface area (TPSA) is 43.8 Å². The van der Waals surface area contributed by atoms with Crippen molar-refractivity contribution in [2.24, 2.45) is 5.92 Å². The number of para-hydroxylation sites is 1. The van der Waals surface area contributed by atoms with E-state index in [1.54, 1.807) is 0 Å². The molecule has 110 valence electrons. The Kier molecular flexibility index (Phi) is 5.56. The van der Waals surface area contributed by atoms with Gasteiger partial charge in [0.25, 0.3) is 0 Å². The molecule has 2 rings (SSSR count). The predicted octanol–water partition coefficient (Wildman–Crippen LogP) is 1.74. The van der Waals surface area contributed by atoms with Gasteiger partial charge in [-0.2, -0.15) is 0 Å². The smallest absolute Gasteiger partial charge is 0.241 e. The molecule has 0 radical (unpaired) electrons. The Hall–Kier alpha value is -1.39. The minimum atomic E-state index is 0.154. The summed E-state index contributed by atoms with van der Waals surface area (Å²) in [5.74, 6) is 0.568.